The Kier molecular flexibility index (Phi) is 5.20. The molecule has 1 aliphatic rings. The predicted octanol–water partition coefficient (Wildman–Crippen LogP) is 3.26. The van der Waals surface area contributed by atoms with E-state index in [-0.39, 0.29) is 6.10 Å². The Morgan fingerprint density at radius 3 is 2.67 bits per heavy atom. The van der Waals surface area contributed by atoms with Crippen LogP contribution in [-0.2, 0) is 11.3 Å². The van der Waals surface area contributed by atoms with Gasteiger partial charge in [-0.3, -0.25) is 0 Å². The molecule has 0 atom stereocenters. The van der Waals surface area contributed by atoms with Crippen molar-refractivity contribution >= 4 is 16.9 Å². The number of halogens is 1. The Hall–Kier alpha value is -2.67. The summed E-state index contributed by atoms with van der Waals surface area (Å²) in [4.78, 5) is 10.2. The van der Waals surface area contributed by atoms with Gasteiger partial charge in [-0.25, -0.2) is 14.4 Å². The molecule has 0 amide bonds. The zero-order valence-electron chi connectivity index (χ0n) is 15.3. The topological polar surface area (TPSA) is 52.4 Å². The van der Waals surface area contributed by atoms with E-state index in [9.17, 15) is 4.39 Å². The second-order valence-electron chi connectivity index (χ2n) is 6.70. The van der Waals surface area contributed by atoms with E-state index in [0.29, 0.717) is 12.6 Å². The van der Waals surface area contributed by atoms with Crippen LogP contribution >= 0.6 is 0 Å². The lowest BCUT2D eigenvalue weighted by atomic mass is 10.1. The number of anilines is 1. The maximum Gasteiger partial charge on any atom is 0.225 e. The molecule has 2 aromatic heterocycles. The zero-order chi connectivity index (χ0) is 18.6. The zero-order valence-corrected chi connectivity index (χ0v) is 15.3. The Bertz CT molecular complexity index is 889. The van der Waals surface area contributed by atoms with Gasteiger partial charge in [0.15, 0.2) is 5.82 Å². The van der Waals surface area contributed by atoms with Crippen LogP contribution in [0.5, 0.6) is 5.75 Å². The van der Waals surface area contributed by atoms with Crippen LogP contribution in [0.4, 0.5) is 10.3 Å². The molecule has 1 fully saturated rings. The van der Waals surface area contributed by atoms with Crippen LogP contribution in [0.25, 0.3) is 10.9 Å². The number of benzene rings is 1. The molecule has 4 rings (SSSR count). The van der Waals surface area contributed by atoms with E-state index < -0.39 is 5.82 Å². The summed E-state index contributed by atoms with van der Waals surface area (Å²) in [6.07, 6.45) is 6.39. The van der Waals surface area contributed by atoms with E-state index >= 15 is 0 Å². The van der Waals surface area contributed by atoms with Crippen LogP contribution in [0.1, 0.15) is 12.8 Å². The van der Waals surface area contributed by atoms with E-state index in [2.05, 4.69) is 37.8 Å². The first kappa shape index (κ1) is 17.7. The number of nitrogens with zero attached hydrogens (tertiary/aromatic N) is 4. The Morgan fingerprint density at radius 1 is 1.15 bits per heavy atom. The third kappa shape index (κ3) is 3.88. The van der Waals surface area contributed by atoms with Crippen molar-refractivity contribution in [3.63, 3.8) is 0 Å². The fraction of sp³-hybridized carbons (Fsp3) is 0.400. The molecule has 0 radical (unpaired) electrons. The minimum absolute atomic E-state index is 0.148. The van der Waals surface area contributed by atoms with Crippen LogP contribution in [0.2, 0.25) is 0 Å². The lowest BCUT2D eigenvalue weighted by Gasteiger charge is -2.32. The highest BCUT2D eigenvalue weighted by Crippen LogP contribution is 2.29. The van der Waals surface area contributed by atoms with Gasteiger partial charge in [0.1, 0.15) is 11.9 Å². The second kappa shape index (κ2) is 7.92. The van der Waals surface area contributed by atoms with Gasteiger partial charge >= 0.3 is 0 Å². The fourth-order valence-electron chi connectivity index (χ4n) is 3.50. The van der Waals surface area contributed by atoms with Crippen molar-refractivity contribution in [3.8, 4) is 5.75 Å². The highest BCUT2D eigenvalue weighted by molar-refractivity contribution is 5.86. The van der Waals surface area contributed by atoms with Gasteiger partial charge in [0.2, 0.25) is 5.95 Å². The highest BCUT2D eigenvalue weighted by Gasteiger charge is 2.23. The summed E-state index contributed by atoms with van der Waals surface area (Å²) < 4.78 is 26.7. The molecule has 1 aromatic carbocycles. The Balaban J connectivity index is 1.41. The maximum absolute atomic E-state index is 13.0. The molecule has 1 saturated heterocycles. The van der Waals surface area contributed by atoms with E-state index in [4.69, 9.17) is 9.47 Å². The summed E-state index contributed by atoms with van der Waals surface area (Å²) in [6.45, 7) is 3.08. The first-order valence-electron chi connectivity index (χ1n) is 9.20. The lowest BCUT2D eigenvalue weighted by Crippen LogP contribution is -2.39. The van der Waals surface area contributed by atoms with Gasteiger partial charge in [-0.05, 0) is 18.2 Å². The van der Waals surface area contributed by atoms with Crippen molar-refractivity contribution in [1.29, 1.82) is 0 Å². The van der Waals surface area contributed by atoms with Crippen LogP contribution in [0.3, 0.4) is 0 Å². The third-order valence-electron chi connectivity index (χ3n) is 4.94. The quantitative estimate of drug-likeness (QED) is 0.667. The monoisotopic (exact) mass is 370 g/mol. The molecule has 142 valence electrons. The van der Waals surface area contributed by atoms with Crippen molar-refractivity contribution in [1.82, 2.24) is 14.5 Å². The van der Waals surface area contributed by atoms with Crippen molar-refractivity contribution in [3.05, 3.63) is 48.7 Å². The van der Waals surface area contributed by atoms with Crippen molar-refractivity contribution in [2.24, 2.45) is 0 Å². The summed E-state index contributed by atoms with van der Waals surface area (Å²) >= 11 is 0. The molecule has 0 N–H and O–H groups in total. The normalized spacial score (nSPS) is 15.4. The number of ether oxygens (including phenoxy) is 2. The van der Waals surface area contributed by atoms with Crippen molar-refractivity contribution in [2.45, 2.75) is 25.5 Å². The average Bonchev–Trinajstić information content (AvgIpc) is 3.12. The molecule has 1 aliphatic heterocycles. The summed E-state index contributed by atoms with van der Waals surface area (Å²) in [5.41, 5.74) is 1.15. The number of piperidine rings is 1. The lowest BCUT2D eigenvalue weighted by molar-refractivity contribution is 0.172. The van der Waals surface area contributed by atoms with Gasteiger partial charge in [-0.2, -0.15) is 0 Å². The number of hydrogen-bond acceptors (Lipinski definition) is 5. The molecule has 7 heteroatoms. The largest absolute Gasteiger partial charge is 0.490 e. The minimum Gasteiger partial charge on any atom is -0.490 e. The van der Waals surface area contributed by atoms with E-state index in [1.165, 1.54) is 12.4 Å². The van der Waals surface area contributed by atoms with Gasteiger partial charge in [0.25, 0.3) is 0 Å². The minimum atomic E-state index is -0.414. The van der Waals surface area contributed by atoms with Crippen molar-refractivity contribution in [2.75, 3.05) is 31.7 Å². The SMILES string of the molecule is COCCn1ccc2c(OC3CCN(c4ncc(F)cn4)CC3)cccc21. The third-order valence-corrected chi connectivity index (χ3v) is 4.94. The van der Waals surface area contributed by atoms with E-state index in [1.807, 2.05) is 12.1 Å². The molecule has 0 unspecified atom stereocenters. The molecular formula is C20H23FN4O2. The van der Waals surface area contributed by atoms with Gasteiger partial charge < -0.3 is 18.9 Å². The molecule has 27 heavy (non-hydrogen) atoms. The molecular weight excluding hydrogens is 347 g/mol. The maximum atomic E-state index is 13.0. The molecule has 3 aromatic rings. The van der Waals surface area contributed by atoms with Crippen molar-refractivity contribution < 1.29 is 13.9 Å². The van der Waals surface area contributed by atoms with Gasteiger partial charge in [0, 0.05) is 51.2 Å². The number of aromatic nitrogens is 3. The molecule has 3 heterocycles. The first-order chi connectivity index (χ1) is 13.2. The summed E-state index contributed by atoms with van der Waals surface area (Å²) in [5.74, 6) is 1.08. The van der Waals surface area contributed by atoms with Gasteiger partial charge in [-0.1, -0.05) is 6.07 Å². The predicted molar refractivity (Wildman–Crippen MR) is 102 cm³/mol. The number of fused-ring (bicyclic) bond motifs is 1. The Morgan fingerprint density at radius 2 is 1.93 bits per heavy atom. The number of methoxy groups -OCH3 is 1. The standard InChI is InChI=1S/C20H23FN4O2/c1-26-12-11-24-10-7-17-18(24)3-2-4-19(17)27-16-5-8-25(9-6-16)20-22-13-15(21)14-23-20/h2-4,7,10,13-14,16H,5-6,8-9,11-12H2,1H3. The molecule has 0 saturated carbocycles. The van der Waals surface area contributed by atoms with E-state index in [1.54, 1.807) is 7.11 Å². The molecule has 0 bridgehead atoms. The summed E-state index contributed by atoms with van der Waals surface area (Å²) in [7, 11) is 1.71. The summed E-state index contributed by atoms with van der Waals surface area (Å²) in [5, 5.41) is 1.12. The van der Waals surface area contributed by atoms with E-state index in [0.717, 1.165) is 49.1 Å². The number of rotatable bonds is 6. The van der Waals surface area contributed by atoms with Crippen LogP contribution in [0.15, 0.2) is 42.9 Å². The Labute approximate surface area is 157 Å². The smallest absolute Gasteiger partial charge is 0.225 e. The molecule has 0 aliphatic carbocycles. The van der Waals surface area contributed by atoms with Crippen LogP contribution in [-0.4, -0.2) is 47.4 Å². The fourth-order valence-corrected chi connectivity index (χ4v) is 3.50. The average molecular weight is 370 g/mol. The second-order valence-corrected chi connectivity index (χ2v) is 6.70. The highest BCUT2D eigenvalue weighted by atomic mass is 19.1. The molecule has 6 nitrogen and oxygen atoms in total. The van der Waals surface area contributed by atoms with Crippen LogP contribution < -0.4 is 9.64 Å². The summed E-state index contributed by atoms with van der Waals surface area (Å²) in [6, 6.07) is 8.26. The van der Waals surface area contributed by atoms with Crippen LogP contribution in [0, 0.1) is 5.82 Å². The first-order valence-corrected chi connectivity index (χ1v) is 9.20. The number of hydrogen-bond donors (Lipinski definition) is 0. The van der Waals surface area contributed by atoms with Gasteiger partial charge in [0.05, 0.1) is 24.5 Å². The molecule has 0 spiro atoms. The van der Waals surface area contributed by atoms with Gasteiger partial charge in [-0.15, -0.1) is 0 Å².